The SMILES string of the molecule is CC[C@@H](Oc1ccc(F)cc1)C(=O)N1CCN(Cc2ccc3c(c2)OCO3)CC1. The minimum atomic E-state index is -0.555. The van der Waals surface area contributed by atoms with Crippen LogP contribution in [0.1, 0.15) is 18.9 Å². The number of carbonyl (C=O) groups excluding carboxylic acids is 1. The van der Waals surface area contributed by atoms with Crippen LogP contribution in [0.2, 0.25) is 0 Å². The van der Waals surface area contributed by atoms with Gasteiger partial charge in [-0.15, -0.1) is 0 Å². The van der Waals surface area contributed by atoms with Crippen molar-refractivity contribution in [2.24, 2.45) is 0 Å². The van der Waals surface area contributed by atoms with Crippen molar-refractivity contribution in [1.82, 2.24) is 9.80 Å². The monoisotopic (exact) mass is 400 g/mol. The standard InChI is InChI=1S/C22H25FN2O4/c1-2-19(29-18-6-4-17(23)5-7-18)22(26)25-11-9-24(10-12-25)14-16-3-8-20-21(13-16)28-15-27-20/h3-8,13,19H,2,9-12,14-15H2,1H3/t19-/m1/s1. The summed E-state index contributed by atoms with van der Waals surface area (Å²) in [4.78, 5) is 17.0. The molecule has 0 saturated carbocycles. The van der Waals surface area contributed by atoms with Gasteiger partial charge in [0.05, 0.1) is 0 Å². The normalized spacial score (nSPS) is 17.2. The summed E-state index contributed by atoms with van der Waals surface area (Å²) in [5.74, 6) is 1.75. The zero-order valence-electron chi connectivity index (χ0n) is 16.5. The van der Waals surface area contributed by atoms with Crippen LogP contribution in [0.3, 0.4) is 0 Å². The predicted molar refractivity (Wildman–Crippen MR) is 106 cm³/mol. The van der Waals surface area contributed by atoms with Gasteiger partial charge in [0.1, 0.15) is 11.6 Å². The van der Waals surface area contributed by atoms with E-state index < -0.39 is 6.10 Å². The lowest BCUT2D eigenvalue weighted by molar-refractivity contribution is -0.140. The Balaban J connectivity index is 1.30. The number of hydrogen-bond donors (Lipinski definition) is 0. The first-order chi connectivity index (χ1) is 14.1. The molecular formula is C22H25FN2O4. The van der Waals surface area contributed by atoms with Gasteiger partial charge in [0.2, 0.25) is 6.79 Å². The summed E-state index contributed by atoms with van der Waals surface area (Å²) in [6.07, 6.45) is 0.00837. The number of nitrogens with zero attached hydrogens (tertiary/aromatic N) is 2. The van der Waals surface area contributed by atoms with E-state index in [2.05, 4.69) is 11.0 Å². The summed E-state index contributed by atoms with van der Waals surface area (Å²) in [7, 11) is 0. The van der Waals surface area contributed by atoms with Gasteiger partial charge in [0.25, 0.3) is 5.91 Å². The number of hydrogen-bond acceptors (Lipinski definition) is 5. The molecule has 0 unspecified atom stereocenters. The molecule has 6 nitrogen and oxygen atoms in total. The number of benzene rings is 2. The van der Waals surface area contributed by atoms with Crippen molar-refractivity contribution in [3.8, 4) is 17.2 Å². The Morgan fingerprint density at radius 1 is 1.07 bits per heavy atom. The molecule has 1 saturated heterocycles. The molecule has 0 aliphatic carbocycles. The van der Waals surface area contributed by atoms with Crippen LogP contribution in [0.5, 0.6) is 17.2 Å². The van der Waals surface area contributed by atoms with Crippen molar-refractivity contribution in [3.63, 3.8) is 0 Å². The lowest BCUT2D eigenvalue weighted by Gasteiger charge is -2.36. The zero-order valence-corrected chi connectivity index (χ0v) is 16.5. The fourth-order valence-electron chi connectivity index (χ4n) is 3.61. The van der Waals surface area contributed by atoms with E-state index in [9.17, 15) is 9.18 Å². The van der Waals surface area contributed by atoms with Gasteiger partial charge >= 0.3 is 0 Å². The molecule has 29 heavy (non-hydrogen) atoms. The lowest BCUT2D eigenvalue weighted by atomic mass is 10.1. The minimum Gasteiger partial charge on any atom is -0.481 e. The van der Waals surface area contributed by atoms with Crippen molar-refractivity contribution in [1.29, 1.82) is 0 Å². The van der Waals surface area contributed by atoms with Crippen LogP contribution in [0, 0.1) is 5.82 Å². The number of ether oxygens (including phenoxy) is 3. The largest absolute Gasteiger partial charge is 0.481 e. The van der Waals surface area contributed by atoms with Crippen molar-refractivity contribution in [2.75, 3.05) is 33.0 Å². The molecule has 2 aromatic carbocycles. The number of piperazine rings is 1. The second-order valence-electron chi connectivity index (χ2n) is 7.26. The molecule has 0 N–H and O–H groups in total. The van der Waals surface area contributed by atoms with Crippen molar-refractivity contribution >= 4 is 5.91 Å². The van der Waals surface area contributed by atoms with Gasteiger partial charge in [-0.05, 0) is 48.4 Å². The molecule has 0 aromatic heterocycles. The highest BCUT2D eigenvalue weighted by atomic mass is 19.1. The Morgan fingerprint density at radius 3 is 2.52 bits per heavy atom. The van der Waals surface area contributed by atoms with Gasteiger partial charge in [0, 0.05) is 32.7 Å². The summed E-state index contributed by atoms with van der Waals surface area (Å²) in [5.41, 5.74) is 1.17. The molecule has 2 aliphatic heterocycles. The fraction of sp³-hybridized carbons (Fsp3) is 0.409. The highest BCUT2D eigenvalue weighted by Crippen LogP contribution is 2.32. The average Bonchev–Trinajstić information content (AvgIpc) is 3.21. The first-order valence-corrected chi connectivity index (χ1v) is 9.94. The van der Waals surface area contributed by atoms with E-state index in [4.69, 9.17) is 14.2 Å². The Bertz CT molecular complexity index is 850. The maximum Gasteiger partial charge on any atom is 0.263 e. The van der Waals surface area contributed by atoms with Crippen LogP contribution >= 0.6 is 0 Å². The molecule has 0 bridgehead atoms. The van der Waals surface area contributed by atoms with E-state index in [0.29, 0.717) is 25.3 Å². The van der Waals surface area contributed by atoms with E-state index in [1.165, 1.54) is 17.7 Å². The summed E-state index contributed by atoms with van der Waals surface area (Å²) in [5, 5.41) is 0. The Labute approximate surface area is 169 Å². The molecule has 1 amide bonds. The third-order valence-corrected chi connectivity index (χ3v) is 5.27. The maximum atomic E-state index is 13.1. The molecule has 7 heteroatoms. The van der Waals surface area contributed by atoms with Crippen LogP contribution < -0.4 is 14.2 Å². The molecular weight excluding hydrogens is 375 g/mol. The molecule has 0 spiro atoms. The topological polar surface area (TPSA) is 51.2 Å². The third-order valence-electron chi connectivity index (χ3n) is 5.27. The molecule has 1 atom stereocenters. The van der Waals surface area contributed by atoms with Crippen molar-refractivity contribution in [2.45, 2.75) is 26.0 Å². The fourth-order valence-corrected chi connectivity index (χ4v) is 3.61. The van der Waals surface area contributed by atoms with Crippen LogP contribution in [0.15, 0.2) is 42.5 Å². The Morgan fingerprint density at radius 2 is 1.79 bits per heavy atom. The van der Waals surface area contributed by atoms with E-state index in [1.54, 1.807) is 12.1 Å². The highest BCUT2D eigenvalue weighted by Gasteiger charge is 2.28. The minimum absolute atomic E-state index is 0.0143. The van der Waals surface area contributed by atoms with E-state index in [1.807, 2.05) is 24.0 Å². The molecule has 0 radical (unpaired) electrons. The van der Waals surface area contributed by atoms with Gasteiger partial charge in [-0.25, -0.2) is 4.39 Å². The van der Waals surface area contributed by atoms with Crippen LogP contribution in [-0.2, 0) is 11.3 Å². The van der Waals surface area contributed by atoms with E-state index in [-0.39, 0.29) is 18.5 Å². The molecule has 2 aliphatic rings. The third kappa shape index (κ3) is 4.62. The van der Waals surface area contributed by atoms with Gasteiger partial charge in [-0.1, -0.05) is 13.0 Å². The summed E-state index contributed by atoms with van der Waals surface area (Å²) >= 11 is 0. The lowest BCUT2D eigenvalue weighted by Crippen LogP contribution is -2.52. The van der Waals surface area contributed by atoms with E-state index in [0.717, 1.165) is 31.1 Å². The highest BCUT2D eigenvalue weighted by molar-refractivity contribution is 5.81. The smallest absolute Gasteiger partial charge is 0.263 e. The molecule has 2 heterocycles. The first kappa shape index (κ1) is 19.5. The summed E-state index contributed by atoms with van der Waals surface area (Å²) in [6.45, 7) is 5.92. The number of carbonyl (C=O) groups is 1. The second kappa shape index (κ2) is 8.69. The zero-order chi connectivity index (χ0) is 20.2. The number of halogens is 1. The Hall–Kier alpha value is -2.80. The van der Waals surface area contributed by atoms with Crippen molar-refractivity contribution < 1.29 is 23.4 Å². The van der Waals surface area contributed by atoms with Crippen molar-refractivity contribution in [3.05, 3.63) is 53.8 Å². The first-order valence-electron chi connectivity index (χ1n) is 9.94. The molecule has 1 fully saturated rings. The van der Waals surface area contributed by atoms with Crippen LogP contribution in [-0.4, -0.2) is 54.8 Å². The number of fused-ring (bicyclic) bond motifs is 1. The van der Waals surface area contributed by atoms with Crippen LogP contribution in [0.4, 0.5) is 4.39 Å². The van der Waals surface area contributed by atoms with Gasteiger partial charge in [-0.2, -0.15) is 0 Å². The Kier molecular flexibility index (Phi) is 5.85. The number of rotatable bonds is 6. The number of amides is 1. The summed E-state index contributed by atoms with van der Waals surface area (Å²) < 4.78 is 29.7. The quantitative estimate of drug-likeness (QED) is 0.746. The second-order valence-corrected chi connectivity index (χ2v) is 7.26. The molecule has 4 rings (SSSR count). The van der Waals surface area contributed by atoms with Gasteiger partial charge in [0.15, 0.2) is 17.6 Å². The summed E-state index contributed by atoms with van der Waals surface area (Å²) in [6, 6.07) is 11.8. The van der Waals surface area contributed by atoms with E-state index >= 15 is 0 Å². The molecule has 154 valence electrons. The van der Waals surface area contributed by atoms with Crippen LogP contribution in [0.25, 0.3) is 0 Å². The van der Waals surface area contributed by atoms with Gasteiger partial charge < -0.3 is 19.1 Å². The average molecular weight is 400 g/mol. The van der Waals surface area contributed by atoms with Gasteiger partial charge in [-0.3, -0.25) is 9.69 Å². The predicted octanol–water partition coefficient (Wildman–Crippen LogP) is 3.06. The maximum absolute atomic E-state index is 13.1. The molecule has 2 aromatic rings.